The Balaban J connectivity index is 1.63. The molecule has 0 spiro atoms. The highest BCUT2D eigenvalue weighted by atomic mass is 32.1. The molecule has 1 saturated heterocycles. The minimum absolute atomic E-state index is 0.147. The number of thiazole rings is 1. The molecule has 4 heterocycles. The Morgan fingerprint density at radius 1 is 1.15 bits per heavy atom. The summed E-state index contributed by atoms with van der Waals surface area (Å²) in [7, 11) is 0. The minimum Gasteiger partial charge on any atom is -0.463 e. The van der Waals surface area contributed by atoms with Crippen molar-refractivity contribution in [3.05, 3.63) is 53.4 Å². The third kappa shape index (κ3) is 3.74. The number of aromatic nitrogens is 2. The molecule has 9 heteroatoms. The van der Waals surface area contributed by atoms with Crippen LogP contribution in [0.4, 0.5) is 5.13 Å². The van der Waals surface area contributed by atoms with E-state index in [2.05, 4.69) is 15.3 Å². The largest absolute Gasteiger partial charge is 0.463 e. The van der Waals surface area contributed by atoms with Crippen LogP contribution in [-0.4, -0.2) is 53.0 Å². The number of ether oxygens (including phenoxy) is 1. The molecule has 8 nitrogen and oxygen atoms in total. The van der Waals surface area contributed by atoms with Gasteiger partial charge in [-0.25, -0.2) is 4.98 Å². The Morgan fingerprint density at radius 2 is 1.93 bits per heavy atom. The number of rotatable bonds is 4. The number of carbonyl (C=O) groups is 2. The molecule has 2 amide bonds. The van der Waals surface area contributed by atoms with Crippen LogP contribution in [0.15, 0.2) is 47.3 Å². The SMILES string of the molecule is O=C(Nc1nc(-c2ccco2)c(C(=O)N2CCOCC2)s1)c1ccncc1. The maximum atomic E-state index is 13.0. The number of amides is 2. The van der Waals surface area contributed by atoms with Gasteiger partial charge in [0.1, 0.15) is 10.6 Å². The highest BCUT2D eigenvalue weighted by molar-refractivity contribution is 7.18. The molecular weight excluding hydrogens is 368 g/mol. The van der Waals surface area contributed by atoms with Crippen LogP contribution in [0.2, 0.25) is 0 Å². The minimum atomic E-state index is -0.317. The number of nitrogens with one attached hydrogen (secondary N) is 1. The molecule has 0 bridgehead atoms. The summed E-state index contributed by atoms with van der Waals surface area (Å²) in [5.41, 5.74) is 0.882. The van der Waals surface area contributed by atoms with Crippen molar-refractivity contribution >= 4 is 28.3 Å². The summed E-state index contributed by atoms with van der Waals surface area (Å²) in [6.07, 6.45) is 4.60. The summed E-state index contributed by atoms with van der Waals surface area (Å²) < 4.78 is 10.7. The fourth-order valence-corrected chi connectivity index (χ4v) is 3.61. The summed E-state index contributed by atoms with van der Waals surface area (Å²) in [6, 6.07) is 6.68. The highest BCUT2D eigenvalue weighted by Gasteiger charge is 2.27. The second-order valence-corrected chi connectivity index (χ2v) is 6.77. The zero-order valence-corrected chi connectivity index (χ0v) is 15.1. The van der Waals surface area contributed by atoms with Crippen molar-refractivity contribution < 1.29 is 18.7 Å². The first kappa shape index (κ1) is 17.4. The molecule has 27 heavy (non-hydrogen) atoms. The Morgan fingerprint density at radius 3 is 2.63 bits per heavy atom. The van der Waals surface area contributed by atoms with Gasteiger partial charge in [-0.05, 0) is 24.3 Å². The van der Waals surface area contributed by atoms with Crippen molar-refractivity contribution in [3.8, 4) is 11.5 Å². The van der Waals surface area contributed by atoms with Crippen LogP contribution < -0.4 is 5.32 Å². The second-order valence-electron chi connectivity index (χ2n) is 5.77. The smallest absolute Gasteiger partial charge is 0.266 e. The number of hydrogen-bond donors (Lipinski definition) is 1. The van der Waals surface area contributed by atoms with Crippen LogP contribution in [0.5, 0.6) is 0 Å². The summed E-state index contributed by atoms with van der Waals surface area (Å²) in [4.78, 5) is 35.8. The molecule has 3 aromatic rings. The molecule has 0 aliphatic carbocycles. The van der Waals surface area contributed by atoms with Gasteiger partial charge in [-0.2, -0.15) is 0 Å². The van der Waals surface area contributed by atoms with Crippen LogP contribution in [0.3, 0.4) is 0 Å². The number of pyridine rings is 1. The quantitative estimate of drug-likeness (QED) is 0.742. The first-order valence-corrected chi connectivity index (χ1v) is 9.17. The monoisotopic (exact) mass is 384 g/mol. The van der Waals surface area contributed by atoms with Crippen LogP contribution in [0.1, 0.15) is 20.0 Å². The van der Waals surface area contributed by atoms with Gasteiger partial charge in [0.15, 0.2) is 10.9 Å². The van der Waals surface area contributed by atoms with E-state index in [9.17, 15) is 9.59 Å². The van der Waals surface area contributed by atoms with Gasteiger partial charge in [0.05, 0.1) is 19.5 Å². The molecule has 0 saturated carbocycles. The lowest BCUT2D eigenvalue weighted by molar-refractivity contribution is 0.0306. The van der Waals surface area contributed by atoms with Gasteiger partial charge in [-0.3, -0.25) is 19.9 Å². The van der Waals surface area contributed by atoms with Crippen molar-refractivity contribution in [2.75, 3.05) is 31.6 Å². The number of morpholine rings is 1. The second kappa shape index (κ2) is 7.68. The van der Waals surface area contributed by atoms with Crippen molar-refractivity contribution in [3.63, 3.8) is 0 Å². The van der Waals surface area contributed by atoms with E-state index in [1.54, 1.807) is 41.6 Å². The topological polar surface area (TPSA) is 97.6 Å². The third-order valence-electron chi connectivity index (χ3n) is 4.04. The Hall–Kier alpha value is -3.04. The molecule has 0 radical (unpaired) electrons. The molecular formula is C18H16N4O4S. The van der Waals surface area contributed by atoms with Crippen molar-refractivity contribution in [2.45, 2.75) is 0 Å². The molecule has 1 fully saturated rings. The van der Waals surface area contributed by atoms with E-state index in [1.165, 1.54) is 6.26 Å². The van der Waals surface area contributed by atoms with Gasteiger partial charge >= 0.3 is 0 Å². The lowest BCUT2D eigenvalue weighted by Crippen LogP contribution is -2.40. The Labute approximate surface area is 158 Å². The van der Waals surface area contributed by atoms with E-state index in [0.29, 0.717) is 53.3 Å². The predicted molar refractivity (Wildman–Crippen MR) is 98.7 cm³/mol. The number of carbonyl (C=O) groups excluding carboxylic acids is 2. The molecule has 1 aliphatic heterocycles. The van der Waals surface area contributed by atoms with Crippen LogP contribution >= 0.6 is 11.3 Å². The van der Waals surface area contributed by atoms with Crippen molar-refractivity contribution in [1.29, 1.82) is 0 Å². The fourth-order valence-electron chi connectivity index (χ4n) is 2.68. The number of furan rings is 1. The molecule has 4 rings (SSSR count). The van der Waals surface area contributed by atoms with Gasteiger partial charge in [0.25, 0.3) is 11.8 Å². The zero-order valence-electron chi connectivity index (χ0n) is 14.3. The number of anilines is 1. The Bertz CT molecular complexity index is 934. The van der Waals surface area contributed by atoms with E-state index in [1.807, 2.05) is 0 Å². The predicted octanol–water partition coefficient (Wildman–Crippen LogP) is 2.52. The first-order chi connectivity index (χ1) is 13.2. The van der Waals surface area contributed by atoms with E-state index >= 15 is 0 Å². The molecule has 0 atom stereocenters. The van der Waals surface area contributed by atoms with Gasteiger partial charge in [0.2, 0.25) is 0 Å². The summed E-state index contributed by atoms with van der Waals surface area (Å²) in [6.45, 7) is 2.05. The maximum Gasteiger partial charge on any atom is 0.266 e. The van der Waals surface area contributed by atoms with Crippen LogP contribution in [0.25, 0.3) is 11.5 Å². The summed E-state index contributed by atoms with van der Waals surface area (Å²) in [5.74, 6) is 0.0152. The molecule has 3 aromatic heterocycles. The normalized spacial score (nSPS) is 14.1. The highest BCUT2D eigenvalue weighted by Crippen LogP contribution is 2.33. The molecule has 0 aromatic carbocycles. The zero-order chi connectivity index (χ0) is 18.6. The van der Waals surface area contributed by atoms with Crippen molar-refractivity contribution in [1.82, 2.24) is 14.9 Å². The van der Waals surface area contributed by atoms with Gasteiger partial charge < -0.3 is 14.1 Å². The van der Waals surface area contributed by atoms with Gasteiger partial charge in [0, 0.05) is 31.0 Å². The average molecular weight is 384 g/mol. The average Bonchev–Trinajstić information content (AvgIpc) is 3.38. The molecule has 0 unspecified atom stereocenters. The third-order valence-corrected chi connectivity index (χ3v) is 5.00. The maximum absolute atomic E-state index is 13.0. The molecule has 138 valence electrons. The Kier molecular flexibility index (Phi) is 4.95. The lowest BCUT2D eigenvalue weighted by atomic mass is 10.2. The number of hydrogen-bond acceptors (Lipinski definition) is 7. The van der Waals surface area contributed by atoms with E-state index in [4.69, 9.17) is 9.15 Å². The van der Waals surface area contributed by atoms with Crippen LogP contribution in [-0.2, 0) is 4.74 Å². The standard InChI is InChI=1S/C18H16N4O4S/c23-16(12-3-5-19-6-4-12)21-18-20-14(13-2-1-9-26-13)15(27-18)17(24)22-7-10-25-11-8-22/h1-6,9H,7-8,10-11H2,(H,20,21,23). The molecule has 1 aliphatic rings. The number of nitrogens with zero attached hydrogens (tertiary/aromatic N) is 3. The van der Waals surface area contributed by atoms with Crippen molar-refractivity contribution in [2.24, 2.45) is 0 Å². The van der Waals surface area contributed by atoms with E-state index < -0.39 is 0 Å². The van der Waals surface area contributed by atoms with E-state index in [-0.39, 0.29) is 11.8 Å². The van der Waals surface area contributed by atoms with Crippen LogP contribution in [0, 0.1) is 0 Å². The van der Waals surface area contributed by atoms with E-state index in [0.717, 1.165) is 11.3 Å². The van der Waals surface area contributed by atoms with Gasteiger partial charge in [-0.15, -0.1) is 0 Å². The van der Waals surface area contributed by atoms with Gasteiger partial charge in [-0.1, -0.05) is 11.3 Å². The summed E-state index contributed by atoms with van der Waals surface area (Å²) >= 11 is 1.13. The summed E-state index contributed by atoms with van der Waals surface area (Å²) in [5, 5.41) is 3.08. The fraction of sp³-hybridized carbons (Fsp3) is 0.222. The molecule has 1 N–H and O–H groups in total. The first-order valence-electron chi connectivity index (χ1n) is 8.35. The lowest BCUT2D eigenvalue weighted by Gasteiger charge is -2.26.